The summed E-state index contributed by atoms with van der Waals surface area (Å²) in [4.78, 5) is 43.3. The molecule has 13 heteroatoms. The highest BCUT2D eigenvalue weighted by Crippen LogP contribution is 2.33. The summed E-state index contributed by atoms with van der Waals surface area (Å²) >= 11 is 0. The zero-order valence-corrected chi connectivity index (χ0v) is 23.3. The fraction of sp³-hybridized carbons (Fsp3) is 0.481. The SMILES string of the molecule is CCC(C(=O)O)N(C(=O)[C@H](CC(=O)N(C)C1CN(C(=N)N)CCO1)S(=O)(=O)c1ccc2ccccc2c1)C1CC1. The van der Waals surface area contributed by atoms with Crippen LogP contribution in [0.25, 0.3) is 10.8 Å². The first-order valence-corrected chi connectivity index (χ1v) is 14.7. The van der Waals surface area contributed by atoms with E-state index in [-0.39, 0.29) is 30.4 Å². The molecule has 0 bridgehead atoms. The molecular formula is C27H35N5O7S. The lowest BCUT2D eigenvalue weighted by atomic mass is 10.1. The van der Waals surface area contributed by atoms with Gasteiger partial charge in [-0.2, -0.15) is 0 Å². The van der Waals surface area contributed by atoms with Crippen LogP contribution in [0.3, 0.4) is 0 Å². The van der Waals surface area contributed by atoms with Gasteiger partial charge in [-0.15, -0.1) is 0 Å². The summed E-state index contributed by atoms with van der Waals surface area (Å²) < 4.78 is 33.8. The molecular weight excluding hydrogens is 538 g/mol. The van der Waals surface area contributed by atoms with E-state index in [1.165, 1.54) is 29.0 Å². The Morgan fingerprint density at radius 2 is 1.85 bits per heavy atom. The van der Waals surface area contributed by atoms with Crippen molar-refractivity contribution in [3.63, 3.8) is 0 Å². The number of rotatable bonds is 10. The molecule has 1 aliphatic carbocycles. The number of morpholine rings is 1. The van der Waals surface area contributed by atoms with Crippen molar-refractivity contribution in [3.05, 3.63) is 42.5 Å². The number of amides is 2. The van der Waals surface area contributed by atoms with Gasteiger partial charge in [0.15, 0.2) is 21.0 Å². The highest BCUT2D eigenvalue weighted by Gasteiger charge is 2.47. The van der Waals surface area contributed by atoms with Gasteiger partial charge in [0.1, 0.15) is 12.3 Å². The largest absolute Gasteiger partial charge is 0.480 e. The molecule has 216 valence electrons. The zero-order chi connectivity index (χ0) is 29.2. The van der Waals surface area contributed by atoms with E-state index >= 15 is 0 Å². The lowest BCUT2D eigenvalue weighted by Crippen LogP contribution is -2.56. The van der Waals surface area contributed by atoms with E-state index in [0.717, 1.165) is 10.3 Å². The topological polar surface area (TPSA) is 174 Å². The maximum Gasteiger partial charge on any atom is 0.326 e. The van der Waals surface area contributed by atoms with Crippen LogP contribution in [-0.4, -0.2) is 102 Å². The first kappa shape index (κ1) is 29.3. The van der Waals surface area contributed by atoms with Crippen LogP contribution < -0.4 is 5.73 Å². The number of carboxylic acid groups (broad SMARTS) is 1. The van der Waals surface area contributed by atoms with Crippen molar-refractivity contribution in [2.75, 3.05) is 26.7 Å². The number of hydrogen-bond acceptors (Lipinski definition) is 7. The molecule has 4 rings (SSSR count). The number of likely N-dealkylation sites (N-methyl/N-ethyl adjacent to an activating group) is 1. The third-order valence-electron chi connectivity index (χ3n) is 7.48. The molecule has 1 heterocycles. The highest BCUT2D eigenvalue weighted by molar-refractivity contribution is 7.92. The third-order valence-corrected chi connectivity index (χ3v) is 9.50. The van der Waals surface area contributed by atoms with E-state index in [4.69, 9.17) is 15.9 Å². The molecule has 1 aliphatic heterocycles. The Morgan fingerprint density at radius 1 is 1.18 bits per heavy atom. The molecule has 1 saturated carbocycles. The predicted octanol–water partition coefficient (Wildman–Crippen LogP) is 1.24. The van der Waals surface area contributed by atoms with Gasteiger partial charge >= 0.3 is 5.97 Å². The average Bonchev–Trinajstić information content (AvgIpc) is 3.78. The summed E-state index contributed by atoms with van der Waals surface area (Å²) in [5.41, 5.74) is 5.59. The standard InChI is InChI=1S/C27H35N5O7S/c1-3-21(26(35)36)32(19-9-10-19)25(34)22(15-23(33)30(2)24-16-31(27(28)29)12-13-39-24)40(37,38)20-11-8-17-6-4-5-7-18(17)14-20/h4-8,11,14,19,21-22,24H,3,9-10,12-13,15-16H2,1-2H3,(H3,28,29)(H,35,36)/t21?,22-,24?/m0/s1. The van der Waals surface area contributed by atoms with Crippen molar-refractivity contribution >= 4 is 44.4 Å². The fourth-order valence-corrected chi connectivity index (χ4v) is 6.61. The Labute approximate surface area is 233 Å². The van der Waals surface area contributed by atoms with Crippen molar-refractivity contribution in [1.82, 2.24) is 14.7 Å². The molecule has 2 unspecified atom stereocenters. The van der Waals surface area contributed by atoms with Crippen LogP contribution in [0.4, 0.5) is 0 Å². The minimum absolute atomic E-state index is 0.0883. The number of nitrogens with zero attached hydrogens (tertiary/aromatic N) is 3. The molecule has 2 aromatic rings. The number of hydrogen-bond donors (Lipinski definition) is 3. The van der Waals surface area contributed by atoms with Crippen molar-refractivity contribution in [2.45, 2.75) is 61.1 Å². The Balaban J connectivity index is 1.70. The van der Waals surface area contributed by atoms with Crippen LogP contribution in [0.2, 0.25) is 0 Å². The summed E-state index contributed by atoms with van der Waals surface area (Å²) in [5.74, 6) is -2.98. The van der Waals surface area contributed by atoms with E-state index in [0.29, 0.717) is 24.8 Å². The van der Waals surface area contributed by atoms with Crippen LogP contribution in [0.5, 0.6) is 0 Å². The third kappa shape index (κ3) is 6.04. The number of aliphatic carboxylic acids is 1. The van der Waals surface area contributed by atoms with Gasteiger partial charge < -0.3 is 30.3 Å². The second kappa shape index (κ2) is 11.8. The number of benzene rings is 2. The second-order valence-corrected chi connectivity index (χ2v) is 12.3. The van der Waals surface area contributed by atoms with Gasteiger partial charge in [-0.1, -0.05) is 37.3 Å². The zero-order valence-electron chi connectivity index (χ0n) is 22.5. The van der Waals surface area contributed by atoms with E-state index < -0.39 is 57.6 Å². The molecule has 2 aromatic carbocycles. The Hall–Kier alpha value is -3.71. The van der Waals surface area contributed by atoms with E-state index in [9.17, 15) is 27.9 Å². The van der Waals surface area contributed by atoms with Gasteiger partial charge in [-0.25, -0.2) is 13.2 Å². The predicted molar refractivity (Wildman–Crippen MR) is 147 cm³/mol. The highest BCUT2D eigenvalue weighted by atomic mass is 32.2. The van der Waals surface area contributed by atoms with Gasteiger partial charge in [0.2, 0.25) is 11.8 Å². The van der Waals surface area contributed by atoms with Gasteiger partial charge in [-0.05, 0) is 42.2 Å². The number of sulfone groups is 1. The average molecular weight is 574 g/mol. The summed E-state index contributed by atoms with van der Waals surface area (Å²) in [6, 6.07) is 10.0. The smallest absolute Gasteiger partial charge is 0.326 e. The van der Waals surface area contributed by atoms with Crippen molar-refractivity contribution in [1.29, 1.82) is 5.41 Å². The number of carbonyl (C=O) groups excluding carboxylic acids is 2. The summed E-state index contributed by atoms with van der Waals surface area (Å²) in [6.07, 6.45) is -0.313. The van der Waals surface area contributed by atoms with E-state index in [2.05, 4.69) is 0 Å². The second-order valence-electron chi connectivity index (χ2n) is 10.1. The van der Waals surface area contributed by atoms with Gasteiger partial charge in [0.25, 0.3) is 0 Å². The molecule has 3 atom stereocenters. The van der Waals surface area contributed by atoms with Crippen molar-refractivity contribution in [3.8, 4) is 0 Å². The van der Waals surface area contributed by atoms with Gasteiger partial charge in [-0.3, -0.25) is 15.0 Å². The number of fused-ring (bicyclic) bond motifs is 1. The minimum atomic E-state index is -4.43. The van der Waals surface area contributed by atoms with E-state index in [1.807, 2.05) is 12.1 Å². The number of carboxylic acids is 1. The quantitative estimate of drug-likeness (QED) is 0.279. The lowest BCUT2D eigenvalue weighted by Gasteiger charge is -2.38. The maximum atomic E-state index is 14.1. The molecule has 12 nitrogen and oxygen atoms in total. The maximum absolute atomic E-state index is 14.1. The normalized spacial score (nSPS) is 19.1. The van der Waals surface area contributed by atoms with Gasteiger partial charge in [0, 0.05) is 19.6 Å². The summed E-state index contributed by atoms with van der Waals surface area (Å²) in [7, 11) is -2.99. The first-order valence-electron chi connectivity index (χ1n) is 13.2. The van der Waals surface area contributed by atoms with Crippen LogP contribution >= 0.6 is 0 Å². The lowest BCUT2D eigenvalue weighted by molar-refractivity contribution is -0.153. The summed E-state index contributed by atoms with van der Waals surface area (Å²) in [6.45, 7) is 2.30. The number of ether oxygens (including phenoxy) is 1. The summed E-state index contributed by atoms with van der Waals surface area (Å²) in [5, 5.41) is 17.1. The Bertz CT molecular complexity index is 1410. The van der Waals surface area contributed by atoms with Crippen molar-refractivity contribution < 1.29 is 32.6 Å². The molecule has 4 N–H and O–H groups in total. The molecule has 0 spiro atoms. The molecule has 1 saturated heterocycles. The Kier molecular flexibility index (Phi) is 8.64. The van der Waals surface area contributed by atoms with Crippen LogP contribution in [0, 0.1) is 5.41 Å². The van der Waals surface area contributed by atoms with E-state index in [1.54, 1.807) is 25.1 Å². The van der Waals surface area contributed by atoms with Crippen LogP contribution in [0.1, 0.15) is 32.6 Å². The minimum Gasteiger partial charge on any atom is -0.480 e. The number of carbonyl (C=O) groups is 3. The molecule has 2 fully saturated rings. The van der Waals surface area contributed by atoms with Crippen molar-refractivity contribution in [2.24, 2.45) is 5.73 Å². The monoisotopic (exact) mass is 573 g/mol. The number of nitrogens with two attached hydrogens (primary N) is 1. The van der Waals surface area contributed by atoms with Gasteiger partial charge in [0.05, 0.1) is 24.5 Å². The Morgan fingerprint density at radius 3 is 2.45 bits per heavy atom. The van der Waals surface area contributed by atoms with Crippen LogP contribution in [0.15, 0.2) is 47.4 Å². The van der Waals surface area contributed by atoms with Crippen LogP contribution in [-0.2, 0) is 29.0 Å². The molecule has 0 radical (unpaired) electrons. The molecule has 40 heavy (non-hydrogen) atoms. The molecule has 0 aromatic heterocycles. The number of guanidine groups is 1. The molecule has 2 amide bonds. The first-order chi connectivity index (χ1) is 18.9. The number of nitrogens with one attached hydrogen (secondary N) is 1. The molecule has 2 aliphatic rings. The fourth-order valence-electron chi connectivity index (χ4n) is 4.98.